The van der Waals surface area contributed by atoms with Crippen LogP contribution >= 0.6 is 0 Å². The third-order valence-electron chi connectivity index (χ3n) is 4.25. The van der Waals surface area contributed by atoms with Gasteiger partial charge in [0.2, 0.25) is 5.88 Å². The van der Waals surface area contributed by atoms with E-state index in [1.54, 1.807) is 0 Å². The second kappa shape index (κ2) is 6.82. The van der Waals surface area contributed by atoms with Crippen molar-refractivity contribution in [2.24, 2.45) is 0 Å². The van der Waals surface area contributed by atoms with Crippen molar-refractivity contribution in [2.75, 3.05) is 11.9 Å². The van der Waals surface area contributed by atoms with E-state index in [0.717, 1.165) is 41.6 Å². The van der Waals surface area contributed by atoms with Crippen LogP contribution in [0.4, 0.5) is 5.82 Å². The molecule has 4 nitrogen and oxygen atoms in total. The smallest absolute Gasteiger partial charge is 0.215 e. The Morgan fingerprint density at radius 2 is 2.09 bits per heavy atom. The van der Waals surface area contributed by atoms with E-state index in [1.807, 2.05) is 55.3 Å². The van der Waals surface area contributed by atoms with E-state index in [4.69, 9.17) is 4.74 Å². The van der Waals surface area contributed by atoms with Gasteiger partial charge in [-0.3, -0.25) is 4.79 Å². The van der Waals surface area contributed by atoms with Gasteiger partial charge in [0, 0.05) is 25.2 Å². The highest BCUT2D eigenvalue weighted by Crippen LogP contribution is 2.26. The van der Waals surface area contributed by atoms with Crippen LogP contribution in [0.25, 0.3) is 0 Å². The summed E-state index contributed by atoms with van der Waals surface area (Å²) >= 11 is 0. The van der Waals surface area contributed by atoms with E-state index in [-0.39, 0.29) is 0 Å². The summed E-state index contributed by atoms with van der Waals surface area (Å²) in [6.07, 6.45) is 4.70. The molecule has 1 aliphatic carbocycles. The van der Waals surface area contributed by atoms with Gasteiger partial charge in [-0.05, 0) is 43.4 Å². The van der Waals surface area contributed by atoms with E-state index >= 15 is 0 Å². The number of aldehydes is 1. The zero-order chi connectivity index (χ0) is 16.2. The van der Waals surface area contributed by atoms with Crippen molar-refractivity contribution in [3.05, 3.63) is 53.1 Å². The first-order valence-electron chi connectivity index (χ1n) is 8.05. The third kappa shape index (κ3) is 3.70. The maximum Gasteiger partial charge on any atom is 0.215 e. The quantitative estimate of drug-likeness (QED) is 0.762. The minimum Gasteiger partial charge on any atom is -0.474 e. The minimum absolute atomic E-state index is 0.318. The monoisotopic (exact) mass is 310 g/mol. The van der Waals surface area contributed by atoms with E-state index in [0.29, 0.717) is 18.5 Å². The molecule has 0 bridgehead atoms. The molecule has 1 aliphatic rings. The maximum atomic E-state index is 11.2. The fraction of sp³-hybridized carbons (Fsp3) is 0.368. The number of hydrogen-bond acceptors (Lipinski definition) is 4. The largest absolute Gasteiger partial charge is 0.474 e. The summed E-state index contributed by atoms with van der Waals surface area (Å²) in [5.74, 6) is 1.56. The van der Waals surface area contributed by atoms with Gasteiger partial charge in [0.25, 0.3) is 0 Å². The van der Waals surface area contributed by atoms with Crippen molar-refractivity contribution in [3.8, 4) is 5.88 Å². The first kappa shape index (κ1) is 15.5. The van der Waals surface area contributed by atoms with Crippen molar-refractivity contribution in [1.82, 2.24) is 4.98 Å². The summed E-state index contributed by atoms with van der Waals surface area (Å²) in [5, 5.41) is 0. The molecule has 0 N–H and O–H groups in total. The van der Waals surface area contributed by atoms with Crippen LogP contribution in [0.3, 0.4) is 0 Å². The molecule has 1 fully saturated rings. The van der Waals surface area contributed by atoms with Crippen molar-refractivity contribution in [1.29, 1.82) is 0 Å². The molecule has 0 spiro atoms. The van der Waals surface area contributed by atoms with Gasteiger partial charge in [-0.2, -0.15) is 4.98 Å². The number of carbonyl (C=O) groups excluding carboxylic acids is 1. The Labute approximate surface area is 137 Å². The standard InChI is InChI=1S/C19H22N2O2/c1-14-10-18(20-19(11-14)23-17-8-5-9-17)21(2)12-15-6-3-4-7-16(15)13-22/h3-4,6-7,10-11,13,17H,5,8-9,12H2,1-2H3. The lowest BCUT2D eigenvalue weighted by atomic mass is 9.96. The van der Waals surface area contributed by atoms with Gasteiger partial charge in [-0.1, -0.05) is 24.3 Å². The zero-order valence-electron chi connectivity index (χ0n) is 13.7. The topological polar surface area (TPSA) is 42.4 Å². The first-order valence-corrected chi connectivity index (χ1v) is 8.05. The van der Waals surface area contributed by atoms with E-state index in [2.05, 4.69) is 4.98 Å². The number of ether oxygens (including phenoxy) is 1. The van der Waals surface area contributed by atoms with Crippen LogP contribution in [0.2, 0.25) is 0 Å². The molecule has 1 aromatic carbocycles. The molecule has 3 rings (SSSR count). The second-order valence-electron chi connectivity index (χ2n) is 6.18. The number of rotatable bonds is 6. The summed E-state index contributed by atoms with van der Waals surface area (Å²) in [4.78, 5) is 17.8. The number of benzene rings is 1. The lowest BCUT2D eigenvalue weighted by molar-refractivity contribution is 0.112. The fourth-order valence-corrected chi connectivity index (χ4v) is 2.66. The number of aromatic nitrogens is 1. The summed E-state index contributed by atoms with van der Waals surface area (Å²) < 4.78 is 5.92. The second-order valence-corrected chi connectivity index (χ2v) is 6.18. The number of anilines is 1. The molecular weight excluding hydrogens is 288 g/mol. The summed E-state index contributed by atoms with van der Waals surface area (Å²) in [5.41, 5.74) is 2.84. The van der Waals surface area contributed by atoms with Crippen LogP contribution in [-0.4, -0.2) is 24.4 Å². The van der Waals surface area contributed by atoms with Crippen LogP contribution < -0.4 is 9.64 Å². The van der Waals surface area contributed by atoms with Crippen LogP contribution in [0.15, 0.2) is 36.4 Å². The summed E-state index contributed by atoms with van der Waals surface area (Å²) in [6.45, 7) is 2.68. The molecule has 0 radical (unpaired) electrons. The van der Waals surface area contributed by atoms with E-state index < -0.39 is 0 Å². The number of pyridine rings is 1. The van der Waals surface area contributed by atoms with Crippen LogP contribution in [0, 0.1) is 6.92 Å². The summed E-state index contributed by atoms with van der Waals surface area (Å²) in [7, 11) is 1.98. The Morgan fingerprint density at radius 3 is 2.78 bits per heavy atom. The van der Waals surface area contributed by atoms with Crippen molar-refractivity contribution in [2.45, 2.75) is 38.8 Å². The average Bonchev–Trinajstić information content (AvgIpc) is 2.51. The van der Waals surface area contributed by atoms with Gasteiger partial charge in [0.15, 0.2) is 0 Å². The van der Waals surface area contributed by atoms with Crippen molar-refractivity contribution < 1.29 is 9.53 Å². The lowest BCUT2D eigenvalue weighted by Crippen LogP contribution is -2.25. The molecular formula is C19H22N2O2. The van der Waals surface area contributed by atoms with Gasteiger partial charge in [-0.15, -0.1) is 0 Å². The molecule has 1 heterocycles. The predicted octanol–water partition coefficient (Wildman–Crippen LogP) is 3.77. The Hall–Kier alpha value is -2.36. The molecule has 1 aromatic heterocycles. The Kier molecular flexibility index (Phi) is 4.60. The molecule has 0 aliphatic heterocycles. The Balaban J connectivity index is 1.78. The van der Waals surface area contributed by atoms with Crippen molar-refractivity contribution >= 4 is 12.1 Å². The Morgan fingerprint density at radius 1 is 1.30 bits per heavy atom. The fourth-order valence-electron chi connectivity index (χ4n) is 2.66. The molecule has 0 unspecified atom stereocenters. The lowest BCUT2D eigenvalue weighted by Gasteiger charge is -2.27. The Bertz CT molecular complexity index is 696. The molecule has 23 heavy (non-hydrogen) atoms. The van der Waals surface area contributed by atoms with Crippen LogP contribution in [-0.2, 0) is 6.54 Å². The molecule has 1 saturated carbocycles. The van der Waals surface area contributed by atoms with Gasteiger partial charge >= 0.3 is 0 Å². The number of aryl methyl sites for hydroxylation is 1. The first-order chi connectivity index (χ1) is 11.2. The highest BCUT2D eigenvalue weighted by molar-refractivity contribution is 5.77. The van der Waals surface area contributed by atoms with Crippen LogP contribution in [0.1, 0.15) is 40.7 Å². The van der Waals surface area contributed by atoms with Crippen LogP contribution in [0.5, 0.6) is 5.88 Å². The molecule has 2 aromatic rings. The number of nitrogens with zero attached hydrogens (tertiary/aromatic N) is 2. The number of hydrogen-bond donors (Lipinski definition) is 0. The van der Waals surface area contributed by atoms with Gasteiger partial charge in [0.05, 0.1) is 0 Å². The van der Waals surface area contributed by atoms with E-state index in [9.17, 15) is 4.79 Å². The van der Waals surface area contributed by atoms with Gasteiger partial charge < -0.3 is 9.64 Å². The molecule has 0 atom stereocenters. The van der Waals surface area contributed by atoms with E-state index in [1.165, 1.54) is 6.42 Å². The normalized spacial score (nSPS) is 14.2. The van der Waals surface area contributed by atoms with Gasteiger partial charge in [-0.25, -0.2) is 0 Å². The third-order valence-corrected chi connectivity index (χ3v) is 4.25. The highest BCUT2D eigenvalue weighted by Gasteiger charge is 2.20. The maximum absolute atomic E-state index is 11.2. The molecule has 120 valence electrons. The SMILES string of the molecule is Cc1cc(OC2CCC2)nc(N(C)Cc2ccccc2C=O)c1. The minimum atomic E-state index is 0.318. The number of carbonyl (C=O) groups is 1. The highest BCUT2D eigenvalue weighted by atomic mass is 16.5. The summed E-state index contributed by atoms with van der Waals surface area (Å²) in [6, 6.07) is 11.7. The predicted molar refractivity (Wildman–Crippen MR) is 91.2 cm³/mol. The molecule has 4 heteroatoms. The zero-order valence-corrected chi connectivity index (χ0v) is 13.7. The average molecular weight is 310 g/mol. The molecule has 0 saturated heterocycles. The van der Waals surface area contributed by atoms with Crippen molar-refractivity contribution in [3.63, 3.8) is 0 Å². The molecule has 0 amide bonds. The van der Waals surface area contributed by atoms with Gasteiger partial charge in [0.1, 0.15) is 18.2 Å².